The van der Waals surface area contributed by atoms with E-state index in [1.54, 1.807) is 12.4 Å². The van der Waals surface area contributed by atoms with Crippen molar-refractivity contribution in [2.24, 2.45) is 0 Å². The summed E-state index contributed by atoms with van der Waals surface area (Å²) in [4.78, 5) is 18.7. The molecule has 2 rings (SSSR count). The first kappa shape index (κ1) is 13.5. The maximum Gasteiger partial charge on any atom is 0.234 e. The molecule has 1 amide bonds. The number of nitrogens with zero attached hydrogens (tertiary/aromatic N) is 1. The molecular weight excluding hydrogens is 262 g/mol. The minimum atomic E-state index is -0.0643. The number of thioether (sulfide) groups is 1. The van der Waals surface area contributed by atoms with E-state index in [9.17, 15) is 4.79 Å². The van der Waals surface area contributed by atoms with Crippen LogP contribution in [0.5, 0.6) is 5.75 Å². The first-order chi connectivity index (χ1) is 9.28. The van der Waals surface area contributed by atoms with Crippen molar-refractivity contribution in [3.8, 4) is 5.75 Å². The third-order valence-electron chi connectivity index (χ3n) is 2.26. The van der Waals surface area contributed by atoms with Crippen molar-refractivity contribution >= 4 is 23.4 Å². The largest absolute Gasteiger partial charge is 0.494 e. The summed E-state index contributed by atoms with van der Waals surface area (Å²) in [6.45, 7) is 2.56. The molecular formula is C13H15N3O2S. The second-order valence-corrected chi connectivity index (χ2v) is 4.65. The number of H-pyrrole nitrogens is 1. The molecule has 0 atom stereocenters. The number of rotatable bonds is 6. The lowest BCUT2D eigenvalue weighted by atomic mass is 10.3. The molecule has 19 heavy (non-hydrogen) atoms. The molecule has 0 aliphatic heterocycles. The summed E-state index contributed by atoms with van der Waals surface area (Å²) in [7, 11) is 0. The number of nitrogens with one attached hydrogen (secondary N) is 2. The quantitative estimate of drug-likeness (QED) is 0.796. The van der Waals surface area contributed by atoms with Gasteiger partial charge in [-0.25, -0.2) is 4.98 Å². The SMILES string of the molecule is CCOc1ccc(NC(=O)CSc2ncc[nH]2)cc1. The van der Waals surface area contributed by atoms with E-state index in [1.807, 2.05) is 31.2 Å². The summed E-state index contributed by atoms with van der Waals surface area (Å²) < 4.78 is 5.33. The van der Waals surface area contributed by atoms with Gasteiger partial charge in [-0.3, -0.25) is 4.79 Å². The van der Waals surface area contributed by atoms with Gasteiger partial charge in [0.05, 0.1) is 12.4 Å². The van der Waals surface area contributed by atoms with Gasteiger partial charge in [0.2, 0.25) is 5.91 Å². The summed E-state index contributed by atoms with van der Waals surface area (Å²) in [5.41, 5.74) is 0.758. The molecule has 100 valence electrons. The Morgan fingerprint density at radius 1 is 1.42 bits per heavy atom. The molecule has 5 nitrogen and oxygen atoms in total. The Bertz CT molecular complexity index is 511. The topological polar surface area (TPSA) is 67.0 Å². The molecule has 0 unspecified atom stereocenters. The van der Waals surface area contributed by atoms with Crippen LogP contribution in [-0.2, 0) is 4.79 Å². The van der Waals surface area contributed by atoms with Crippen LogP contribution in [-0.4, -0.2) is 28.2 Å². The van der Waals surface area contributed by atoms with Gasteiger partial charge in [-0.05, 0) is 31.2 Å². The van der Waals surface area contributed by atoms with Gasteiger partial charge in [0, 0.05) is 18.1 Å². The molecule has 6 heteroatoms. The number of aromatic amines is 1. The van der Waals surface area contributed by atoms with E-state index in [-0.39, 0.29) is 5.91 Å². The Morgan fingerprint density at radius 2 is 2.21 bits per heavy atom. The lowest BCUT2D eigenvalue weighted by molar-refractivity contribution is -0.113. The molecule has 1 aromatic heterocycles. The molecule has 0 radical (unpaired) electrons. The molecule has 0 saturated heterocycles. The number of hydrogen-bond donors (Lipinski definition) is 2. The van der Waals surface area contributed by atoms with Crippen molar-refractivity contribution < 1.29 is 9.53 Å². The van der Waals surface area contributed by atoms with Gasteiger partial charge in [0.15, 0.2) is 5.16 Å². The third-order valence-corrected chi connectivity index (χ3v) is 3.17. The Balaban J connectivity index is 1.81. The van der Waals surface area contributed by atoms with Crippen LogP contribution in [0.4, 0.5) is 5.69 Å². The van der Waals surface area contributed by atoms with Gasteiger partial charge in [-0.2, -0.15) is 0 Å². The number of aromatic nitrogens is 2. The van der Waals surface area contributed by atoms with Crippen molar-refractivity contribution in [2.75, 3.05) is 17.7 Å². The normalized spacial score (nSPS) is 10.2. The van der Waals surface area contributed by atoms with Crippen LogP contribution in [0.25, 0.3) is 0 Å². The van der Waals surface area contributed by atoms with Crippen LogP contribution in [0.3, 0.4) is 0 Å². The van der Waals surface area contributed by atoms with E-state index in [4.69, 9.17) is 4.74 Å². The molecule has 0 saturated carbocycles. The summed E-state index contributed by atoms with van der Waals surface area (Å²) in [6.07, 6.45) is 3.39. The Hall–Kier alpha value is -1.95. The number of hydrogen-bond acceptors (Lipinski definition) is 4. The van der Waals surface area contributed by atoms with Gasteiger partial charge < -0.3 is 15.0 Å². The van der Waals surface area contributed by atoms with Gasteiger partial charge in [-0.15, -0.1) is 0 Å². The zero-order valence-electron chi connectivity index (χ0n) is 10.6. The third kappa shape index (κ3) is 4.33. The average Bonchev–Trinajstić information content (AvgIpc) is 2.92. The van der Waals surface area contributed by atoms with Crippen LogP contribution in [0, 0.1) is 0 Å². The van der Waals surface area contributed by atoms with E-state index in [2.05, 4.69) is 15.3 Å². The predicted octanol–water partition coefficient (Wildman–Crippen LogP) is 2.54. The molecule has 1 heterocycles. The van der Waals surface area contributed by atoms with Crippen molar-refractivity contribution in [1.82, 2.24) is 9.97 Å². The second-order valence-electron chi connectivity index (χ2n) is 3.69. The minimum absolute atomic E-state index is 0.0643. The minimum Gasteiger partial charge on any atom is -0.494 e. The number of carbonyl (C=O) groups is 1. The molecule has 0 aliphatic carbocycles. The lowest BCUT2D eigenvalue weighted by Crippen LogP contribution is -2.14. The van der Waals surface area contributed by atoms with Crippen LogP contribution in [0.1, 0.15) is 6.92 Å². The summed E-state index contributed by atoms with van der Waals surface area (Å²) in [6, 6.07) is 7.30. The number of anilines is 1. The highest BCUT2D eigenvalue weighted by molar-refractivity contribution is 7.99. The number of carbonyl (C=O) groups excluding carboxylic acids is 1. The van der Waals surface area contributed by atoms with Gasteiger partial charge in [0.25, 0.3) is 0 Å². The Labute approximate surface area is 115 Å². The van der Waals surface area contributed by atoms with Crippen LogP contribution < -0.4 is 10.1 Å². The zero-order valence-corrected chi connectivity index (χ0v) is 11.4. The monoisotopic (exact) mass is 277 g/mol. The predicted molar refractivity (Wildman–Crippen MR) is 75.6 cm³/mol. The molecule has 0 spiro atoms. The number of ether oxygens (including phenoxy) is 1. The Kier molecular flexibility index (Phi) is 4.85. The van der Waals surface area contributed by atoms with E-state index in [0.717, 1.165) is 16.6 Å². The highest BCUT2D eigenvalue weighted by Crippen LogP contribution is 2.17. The van der Waals surface area contributed by atoms with E-state index < -0.39 is 0 Å². The number of amides is 1. The molecule has 0 fully saturated rings. The number of benzene rings is 1. The van der Waals surface area contributed by atoms with Crippen LogP contribution in [0.2, 0.25) is 0 Å². The van der Waals surface area contributed by atoms with Crippen molar-refractivity contribution in [2.45, 2.75) is 12.1 Å². The smallest absolute Gasteiger partial charge is 0.234 e. The molecule has 0 aliphatic rings. The second kappa shape index (κ2) is 6.84. The fourth-order valence-corrected chi connectivity index (χ4v) is 2.09. The van der Waals surface area contributed by atoms with E-state index in [0.29, 0.717) is 12.4 Å². The standard InChI is InChI=1S/C13H15N3O2S/c1-2-18-11-5-3-10(4-6-11)16-12(17)9-19-13-14-7-8-15-13/h3-8H,2,9H2,1H3,(H,14,15)(H,16,17). The number of imidazole rings is 1. The van der Waals surface area contributed by atoms with Crippen molar-refractivity contribution in [1.29, 1.82) is 0 Å². The van der Waals surface area contributed by atoms with Crippen molar-refractivity contribution in [3.63, 3.8) is 0 Å². The van der Waals surface area contributed by atoms with Gasteiger partial charge in [-0.1, -0.05) is 11.8 Å². The fraction of sp³-hybridized carbons (Fsp3) is 0.231. The van der Waals surface area contributed by atoms with E-state index in [1.165, 1.54) is 11.8 Å². The molecule has 0 bridgehead atoms. The fourth-order valence-electron chi connectivity index (χ4n) is 1.46. The van der Waals surface area contributed by atoms with Gasteiger partial charge in [0.1, 0.15) is 5.75 Å². The maximum atomic E-state index is 11.7. The zero-order chi connectivity index (χ0) is 13.5. The molecule has 1 aromatic carbocycles. The highest BCUT2D eigenvalue weighted by Gasteiger charge is 2.05. The lowest BCUT2D eigenvalue weighted by Gasteiger charge is -2.06. The van der Waals surface area contributed by atoms with Crippen LogP contribution >= 0.6 is 11.8 Å². The molecule has 2 aromatic rings. The Morgan fingerprint density at radius 3 is 2.84 bits per heavy atom. The first-order valence-corrected chi connectivity index (χ1v) is 6.91. The van der Waals surface area contributed by atoms with Crippen LogP contribution in [0.15, 0.2) is 41.8 Å². The summed E-state index contributed by atoms with van der Waals surface area (Å²) in [5, 5.41) is 3.55. The average molecular weight is 277 g/mol. The maximum absolute atomic E-state index is 11.7. The molecule has 2 N–H and O–H groups in total. The van der Waals surface area contributed by atoms with Gasteiger partial charge >= 0.3 is 0 Å². The van der Waals surface area contributed by atoms with Crippen molar-refractivity contribution in [3.05, 3.63) is 36.7 Å². The summed E-state index contributed by atoms with van der Waals surface area (Å²) in [5.74, 6) is 1.05. The summed E-state index contributed by atoms with van der Waals surface area (Å²) >= 11 is 1.36. The first-order valence-electron chi connectivity index (χ1n) is 5.93. The highest BCUT2D eigenvalue weighted by atomic mass is 32.2. The van der Waals surface area contributed by atoms with E-state index >= 15 is 0 Å².